The van der Waals surface area contributed by atoms with E-state index in [0.29, 0.717) is 38.2 Å². The first-order chi connectivity index (χ1) is 10.4. The van der Waals surface area contributed by atoms with E-state index in [1.807, 2.05) is 4.90 Å². The van der Waals surface area contributed by atoms with Crippen LogP contribution in [0.5, 0.6) is 5.75 Å². The quantitative estimate of drug-likeness (QED) is 0.451. The van der Waals surface area contributed by atoms with E-state index in [2.05, 4.69) is 10.0 Å². The van der Waals surface area contributed by atoms with Crippen LogP contribution in [0.4, 0.5) is 11.4 Å². The zero-order valence-corrected chi connectivity index (χ0v) is 13.4. The first-order valence-electron chi connectivity index (χ1n) is 7.31. The highest BCUT2D eigenvalue weighted by atomic mass is 32.2. The Morgan fingerprint density at radius 2 is 2.00 bits per heavy atom. The molecule has 0 saturated carbocycles. The molecule has 1 fully saturated rings. The van der Waals surface area contributed by atoms with Crippen LogP contribution in [0.2, 0.25) is 0 Å². The lowest BCUT2D eigenvalue weighted by Crippen LogP contribution is -2.39. The van der Waals surface area contributed by atoms with E-state index in [9.17, 15) is 18.6 Å². The Balaban J connectivity index is 1.93. The molecule has 4 N–H and O–H groups in total. The third kappa shape index (κ3) is 4.75. The number of hydrogen-bond donors (Lipinski definition) is 4. The maximum absolute atomic E-state index is 12.1. The van der Waals surface area contributed by atoms with E-state index in [1.165, 1.54) is 6.07 Å². The Hall–Kier alpha value is -1.51. The van der Waals surface area contributed by atoms with Gasteiger partial charge in [0.25, 0.3) is 0 Å². The van der Waals surface area contributed by atoms with E-state index in [0.717, 1.165) is 0 Å². The number of aromatic hydroxyl groups is 1. The number of nitrogens with zero attached hydrogens (tertiary/aromatic N) is 1. The number of likely N-dealkylation sites (tertiary alicyclic amines) is 1. The third-order valence-electron chi connectivity index (χ3n) is 3.78. The minimum Gasteiger partial charge on any atom is -0.506 e. The first kappa shape index (κ1) is 16.9. The van der Waals surface area contributed by atoms with Gasteiger partial charge in [-0.25, -0.2) is 8.42 Å². The second-order valence-corrected chi connectivity index (χ2v) is 7.32. The maximum atomic E-state index is 12.1. The van der Waals surface area contributed by atoms with Gasteiger partial charge in [-0.1, -0.05) is 0 Å². The summed E-state index contributed by atoms with van der Waals surface area (Å²) in [6.45, 7) is 1.82. The molecule has 0 aliphatic carbocycles. The van der Waals surface area contributed by atoms with Crippen LogP contribution in [0.1, 0.15) is 12.8 Å². The zero-order chi connectivity index (χ0) is 16.2. The average molecular weight is 329 g/mol. The zero-order valence-electron chi connectivity index (χ0n) is 12.6. The molecule has 1 aromatic carbocycles. The number of piperidine rings is 1. The summed E-state index contributed by atoms with van der Waals surface area (Å²) in [5.74, 6) is -0.157. The van der Waals surface area contributed by atoms with E-state index >= 15 is 0 Å². The standard InChI is InChI=1S/C14H23N3O4S/c1-15-11-2-3-14(19)13(10-11)16-22(20,21)9-8-17-6-4-12(18)5-7-17/h2-3,10,12,15-16,18-19H,4-9H2,1H3. The van der Waals surface area contributed by atoms with Gasteiger partial charge in [0.1, 0.15) is 5.75 Å². The number of aliphatic hydroxyl groups excluding tert-OH is 1. The smallest absolute Gasteiger partial charge is 0.234 e. The van der Waals surface area contributed by atoms with Crippen LogP contribution in [-0.2, 0) is 10.0 Å². The lowest BCUT2D eigenvalue weighted by Gasteiger charge is -2.29. The van der Waals surface area contributed by atoms with Gasteiger partial charge in [-0.15, -0.1) is 0 Å². The van der Waals surface area contributed by atoms with Gasteiger partial charge in [0, 0.05) is 32.4 Å². The minimum absolute atomic E-state index is 0.0493. The second-order valence-electron chi connectivity index (χ2n) is 5.48. The molecule has 124 valence electrons. The number of sulfonamides is 1. The van der Waals surface area contributed by atoms with E-state index in [1.54, 1.807) is 19.2 Å². The number of benzene rings is 1. The van der Waals surface area contributed by atoms with Crippen molar-refractivity contribution in [2.24, 2.45) is 0 Å². The van der Waals surface area contributed by atoms with Gasteiger partial charge in [0.05, 0.1) is 17.5 Å². The molecule has 1 aliphatic rings. The third-order valence-corrected chi connectivity index (χ3v) is 5.03. The van der Waals surface area contributed by atoms with Crippen LogP contribution in [0, 0.1) is 0 Å². The number of nitrogens with one attached hydrogen (secondary N) is 2. The Kier molecular flexibility index (Phi) is 5.49. The van der Waals surface area contributed by atoms with Crippen LogP contribution in [0.15, 0.2) is 18.2 Å². The molecule has 0 unspecified atom stereocenters. The van der Waals surface area contributed by atoms with Gasteiger partial charge in [-0.05, 0) is 31.0 Å². The molecule has 7 nitrogen and oxygen atoms in total. The molecule has 0 amide bonds. The van der Waals surface area contributed by atoms with Crippen molar-refractivity contribution in [2.45, 2.75) is 18.9 Å². The predicted molar refractivity (Wildman–Crippen MR) is 86.7 cm³/mol. The highest BCUT2D eigenvalue weighted by molar-refractivity contribution is 7.92. The summed E-state index contributed by atoms with van der Waals surface area (Å²) in [5, 5.41) is 22.1. The molecule has 1 heterocycles. The van der Waals surface area contributed by atoms with Crippen LogP contribution in [0.25, 0.3) is 0 Å². The van der Waals surface area contributed by atoms with Crippen molar-refractivity contribution in [3.05, 3.63) is 18.2 Å². The van der Waals surface area contributed by atoms with Crippen molar-refractivity contribution in [3.8, 4) is 5.75 Å². The maximum Gasteiger partial charge on any atom is 0.234 e. The lowest BCUT2D eigenvalue weighted by atomic mass is 10.1. The number of aliphatic hydroxyl groups is 1. The Bertz CT molecular complexity index is 598. The minimum atomic E-state index is -3.54. The van der Waals surface area contributed by atoms with Crippen molar-refractivity contribution in [2.75, 3.05) is 42.5 Å². The van der Waals surface area contributed by atoms with Gasteiger partial charge in [-0.2, -0.15) is 0 Å². The molecule has 1 saturated heterocycles. The molecule has 0 radical (unpaired) electrons. The highest BCUT2D eigenvalue weighted by Gasteiger charge is 2.20. The van der Waals surface area contributed by atoms with E-state index in [4.69, 9.17) is 0 Å². The fourth-order valence-electron chi connectivity index (χ4n) is 2.38. The van der Waals surface area contributed by atoms with Crippen LogP contribution < -0.4 is 10.0 Å². The molecule has 0 spiro atoms. The predicted octanol–water partition coefficient (Wildman–Crippen LogP) is 0.632. The van der Waals surface area contributed by atoms with Crippen molar-refractivity contribution < 1.29 is 18.6 Å². The van der Waals surface area contributed by atoms with Crippen LogP contribution in [-0.4, -0.2) is 62.1 Å². The SMILES string of the molecule is CNc1ccc(O)c(NS(=O)(=O)CCN2CCC(O)CC2)c1. The van der Waals surface area contributed by atoms with Crippen molar-refractivity contribution in [1.82, 2.24) is 4.90 Å². The van der Waals surface area contributed by atoms with Gasteiger partial charge in [0.15, 0.2) is 0 Å². The number of phenolic OH excluding ortho intramolecular Hbond substituents is 1. The second kappa shape index (κ2) is 7.17. The molecule has 8 heteroatoms. The summed E-state index contributed by atoms with van der Waals surface area (Å²) in [6, 6.07) is 4.64. The van der Waals surface area contributed by atoms with E-state index < -0.39 is 10.0 Å². The average Bonchev–Trinajstić information content (AvgIpc) is 2.49. The molecule has 0 aromatic heterocycles. The molecule has 0 atom stereocenters. The normalized spacial score (nSPS) is 17.4. The Morgan fingerprint density at radius 3 is 2.64 bits per heavy atom. The van der Waals surface area contributed by atoms with Gasteiger partial charge >= 0.3 is 0 Å². The molecule has 1 aromatic rings. The highest BCUT2D eigenvalue weighted by Crippen LogP contribution is 2.27. The van der Waals surface area contributed by atoms with Crippen molar-refractivity contribution in [3.63, 3.8) is 0 Å². The summed E-state index contributed by atoms with van der Waals surface area (Å²) in [5.41, 5.74) is 0.876. The number of anilines is 2. The van der Waals surface area contributed by atoms with E-state index in [-0.39, 0.29) is 23.3 Å². The fourth-order valence-corrected chi connectivity index (χ4v) is 3.48. The summed E-state index contributed by atoms with van der Waals surface area (Å²) >= 11 is 0. The topological polar surface area (TPSA) is 102 Å². The van der Waals surface area contributed by atoms with Gasteiger partial charge < -0.3 is 20.4 Å². The molecule has 1 aliphatic heterocycles. The molecule has 0 bridgehead atoms. The lowest BCUT2D eigenvalue weighted by molar-refractivity contribution is 0.0856. The summed E-state index contributed by atoms with van der Waals surface area (Å²) in [6.07, 6.45) is 1.09. The van der Waals surface area contributed by atoms with Crippen LogP contribution >= 0.6 is 0 Å². The number of hydrogen-bond acceptors (Lipinski definition) is 6. The summed E-state index contributed by atoms with van der Waals surface area (Å²) < 4.78 is 26.7. The molecule has 2 rings (SSSR count). The van der Waals surface area contributed by atoms with Gasteiger partial charge in [0.2, 0.25) is 10.0 Å². The van der Waals surface area contributed by atoms with Crippen molar-refractivity contribution >= 4 is 21.4 Å². The first-order valence-corrected chi connectivity index (χ1v) is 8.96. The van der Waals surface area contributed by atoms with Crippen molar-refractivity contribution in [1.29, 1.82) is 0 Å². The Labute approximate surface area is 131 Å². The largest absolute Gasteiger partial charge is 0.506 e. The van der Waals surface area contributed by atoms with Crippen LogP contribution in [0.3, 0.4) is 0 Å². The molecular weight excluding hydrogens is 306 g/mol. The fraction of sp³-hybridized carbons (Fsp3) is 0.571. The number of phenols is 1. The number of rotatable bonds is 6. The molecular formula is C14H23N3O4S. The monoisotopic (exact) mass is 329 g/mol. The van der Waals surface area contributed by atoms with Gasteiger partial charge in [-0.3, -0.25) is 4.72 Å². The summed E-state index contributed by atoms with van der Waals surface area (Å²) in [4.78, 5) is 2.02. The molecule has 22 heavy (non-hydrogen) atoms. The Morgan fingerprint density at radius 1 is 1.32 bits per heavy atom. The summed E-state index contributed by atoms with van der Waals surface area (Å²) in [7, 11) is -1.82.